The Bertz CT molecular complexity index is 159. The van der Waals surface area contributed by atoms with Crippen LogP contribution in [-0.2, 0) is 0 Å². The Morgan fingerprint density at radius 1 is 1.27 bits per heavy atom. The zero-order valence-corrected chi connectivity index (χ0v) is 10.8. The minimum absolute atomic E-state index is 0.690. The maximum atomic E-state index is 3.58. The third-order valence-electron chi connectivity index (χ3n) is 3.63. The Balaban J connectivity index is 2.38. The van der Waals surface area contributed by atoms with Gasteiger partial charge < -0.3 is 5.32 Å². The molecule has 0 spiro atoms. The van der Waals surface area contributed by atoms with Crippen LogP contribution in [0.15, 0.2) is 0 Å². The van der Waals surface area contributed by atoms with Gasteiger partial charge in [0, 0.05) is 18.6 Å². The molecule has 1 fully saturated rings. The van der Waals surface area contributed by atoms with Crippen molar-refractivity contribution in [3.05, 3.63) is 0 Å². The highest BCUT2D eigenvalue weighted by Gasteiger charge is 2.19. The van der Waals surface area contributed by atoms with E-state index in [9.17, 15) is 0 Å². The van der Waals surface area contributed by atoms with Gasteiger partial charge in [-0.3, -0.25) is 4.90 Å². The van der Waals surface area contributed by atoms with Gasteiger partial charge in [-0.15, -0.1) is 0 Å². The first kappa shape index (κ1) is 13.0. The van der Waals surface area contributed by atoms with E-state index in [1.54, 1.807) is 0 Å². The van der Waals surface area contributed by atoms with Crippen molar-refractivity contribution in [2.75, 3.05) is 19.6 Å². The van der Waals surface area contributed by atoms with E-state index < -0.39 is 0 Å². The summed E-state index contributed by atoms with van der Waals surface area (Å²) in [4.78, 5) is 2.68. The van der Waals surface area contributed by atoms with Crippen molar-refractivity contribution < 1.29 is 0 Å². The van der Waals surface area contributed by atoms with Gasteiger partial charge in [-0.1, -0.05) is 26.7 Å². The SMILES string of the molecule is CCNC(CC)CN1CCCCCC1C. The fourth-order valence-electron chi connectivity index (χ4n) is 2.52. The first-order valence-corrected chi connectivity index (χ1v) is 6.75. The highest BCUT2D eigenvalue weighted by atomic mass is 15.2. The van der Waals surface area contributed by atoms with Crippen LogP contribution in [-0.4, -0.2) is 36.6 Å². The van der Waals surface area contributed by atoms with E-state index in [0.717, 1.165) is 12.6 Å². The first-order chi connectivity index (χ1) is 7.27. The number of likely N-dealkylation sites (tertiary alicyclic amines) is 1. The highest BCUT2D eigenvalue weighted by molar-refractivity contribution is 4.76. The van der Waals surface area contributed by atoms with Crippen molar-refractivity contribution in [3.8, 4) is 0 Å². The minimum Gasteiger partial charge on any atom is -0.313 e. The summed E-state index contributed by atoms with van der Waals surface area (Å²) in [7, 11) is 0. The van der Waals surface area contributed by atoms with Gasteiger partial charge in [-0.2, -0.15) is 0 Å². The molecule has 0 aliphatic carbocycles. The number of hydrogen-bond acceptors (Lipinski definition) is 2. The predicted octanol–water partition coefficient (Wildman–Crippen LogP) is 2.64. The van der Waals surface area contributed by atoms with Gasteiger partial charge in [0.1, 0.15) is 0 Å². The average molecular weight is 212 g/mol. The van der Waals surface area contributed by atoms with Crippen LogP contribution in [0.2, 0.25) is 0 Å². The number of likely N-dealkylation sites (N-methyl/N-ethyl adjacent to an activating group) is 1. The van der Waals surface area contributed by atoms with Crippen LogP contribution in [0.3, 0.4) is 0 Å². The molecular weight excluding hydrogens is 184 g/mol. The molecule has 2 unspecified atom stereocenters. The summed E-state index contributed by atoms with van der Waals surface area (Å²) in [6.45, 7) is 10.5. The molecule has 0 saturated carbocycles. The van der Waals surface area contributed by atoms with Crippen LogP contribution < -0.4 is 5.32 Å². The fraction of sp³-hybridized carbons (Fsp3) is 1.00. The second-order valence-corrected chi connectivity index (χ2v) is 4.86. The van der Waals surface area contributed by atoms with Crippen molar-refractivity contribution >= 4 is 0 Å². The van der Waals surface area contributed by atoms with Crippen molar-refractivity contribution in [1.29, 1.82) is 0 Å². The van der Waals surface area contributed by atoms with Crippen molar-refractivity contribution in [3.63, 3.8) is 0 Å². The largest absolute Gasteiger partial charge is 0.313 e. The first-order valence-electron chi connectivity index (χ1n) is 6.75. The summed E-state index contributed by atoms with van der Waals surface area (Å²) in [6, 6.07) is 1.48. The monoisotopic (exact) mass is 212 g/mol. The lowest BCUT2D eigenvalue weighted by Crippen LogP contribution is -2.44. The third-order valence-corrected chi connectivity index (χ3v) is 3.63. The van der Waals surface area contributed by atoms with Crippen molar-refractivity contribution in [2.45, 2.75) is 65.0 Å². The fourth-order valence-corrected chi connectivity index (χ4v) is 2.52. The molecule has 2 heteroatoms. The predicted molar refractivity (Wildman–Crippen MR) is 67.3 cm³/mol. The Morgan fingerprint density at radius 2 is 2.07 bits per heavy atom. The lowest BCUT2D eigenvalue weighted by atomic mass is 10.1. The number of nitrogens with zero attached hydrogens (tertiary/aromatic N) is 1. The van der Waals surface area contributed by atoms with Crippen LogP contribution in [0.5, 0.6) is 0 Å². The maximum Gasteiger partial charge on any atom is 0.0192 e. The lowest BCUT2D eigenvalue weighted by Gasteiger charge is -2.31. The Kier molecular flexibility index (Phi) is 6.26. The molecule has 0 aromatic rings. The molecular formula is C13H28N2. The van der Waals surface area contributed by atoms with Crippen LogP contribution in [0.1, 0.15) is 52.9 Å². The summed E-state index contributed by atoms with van der Waals surface area (Å²) in [5.41, 5.74) is 0. The van der Waals surface area contributed by atoms with Crippen LogP contribution in [0, 0.1) is 0 Å². The molecule has 1 rings (SSSR count). The van der Waals surface area contributed by atoms with Gasteiger partial charge in [0.25, 0.3) is 0 Å². The third kappa shape index (κ3) is 4.52. The van der Waals surface area contributed by atoms with E-state index in [2.05, 4.69) is 31.0 Å². The molecule has 1 N–H and O–H groups in total. The molecule has 0 aromatic heterocycles. The second-order valence-electron chi connectivity index (χ2n) is 4.86. The zero-order chi connectivity index (χ0) is 11.1. The minimum atomic E-state index is 0.690. The highest BCUT2D eigenvalue weighted by Crippen LogP contribution is 2.16. The summed E-state index contributed by atoms with van der Waals surface area (Å²) < 4.78 is 0. The molecule has 1 aliphatic rings. The number of hydrogen-bond donors (Lipinski definition) is 1. The molecule has 1 aliphatic heterocycles. The molecule has 90 valence electrons. The topological polar surface area (TPSA) is 15.3 Å². The van der Waals surface area contributed by atoms with Gasteiger partial charge in [0.2, 0.25) is 0 Å². The second kappa shape index (κ2) is 7.24. The van der Waals surface area contributed by atoms with Gasteiger partial charge in [0.05, 0.1) is 0 Å². The molecule has 2 atom stereocenters. The van der Waals surface area contributed by atoms with E-state index in [4.69, 9.17) is 0 Å². The molecule has 2 nitrogen and oxygen atoms in total. The Hall–Kier alpha value is -0.0800. The lowest BCUT2D eigenvalue weighted by molar-refractivity contribution is 0.189. The van der Waals surface area contributed by atoms with E-state index in [0.29, 0.717) is 6.04 Å². The van der Waals surface area contributed by atoms with Crippen LogP contribution in [0.25, 0.3) is 0 Å². The molecule has 0 bridgehead atoms. The molecule has 0 aromatic carbocycles. The number of rotatable bonds is 5. The van der Waals surface area contributed by atoms with Crippen LogP contribution >= 0.6 is 0 Å². The summed E-state index contributed by atoms with van der Waals surface area (Å²) in [6.07, 6.45) is 6.89. The summed E-state index contributed by atoms with van der Waals surface area (Å²) in [5.74, 6) is 0. The number of nitrogens with one attached hydrogen (secondary N) is 1. The quantitative estimate of drug-likeness (QED) is 0.753. The molecule has 15 heavy (non-hydrogen) atoms. The average Bonchev–Trinajstić information content (AvgIpc) is 2.43. The van der Waals surface area contributed by atoms with E-state index >= 15 is 0 Å². The van der Waals surface area contributed by atoms with Gasteiger partial charge in [-0.05, 0) is 39.3 Å². The van der Waals surface area contributed by atoms with E-state index in [1.807, 2.05) is 0 Å². The van der Waals surface area contributed by atoms with Gasteiger partial charge in [0.15, 0.2) is 0 Å². The van der Waals surface area contributed by atoms with Crippen molar-refractivity contribution in [1.82, 2.24) is 10.2 Å². The molecule has 0 radical (unpaired) electrons. The molecule has 0 amide bonds. The van der Waals surface area contributed by atoms with Gasteiger partial charge in [-0.25, -0.2) is 0 Å². The Morgan fingerprint density at radius 3 is 2.73 bits per heavy atom. The Labute approximate surface area is 95.4 Å². The maximum absolute atomic E-state index is 3.58. The van der Waals surface area contributed by atoms with Crippen LogP contribution in [0.4, 0.5) is 0 Å². The summed E-state index contributed by atoms with van der Waals surface area (Å²) >= 11 is 0. The molecule has 1 heterocycles. The van der Waals surface area contributed by atoms with Crippen molar-refractivity contribution in [2.24, 2.45) is 0 Å². The zero-order valence-electron chi connectivity index (χ0n) is 10.8. The summed E-state index contributed by atoms with van der Waals surface area (Å²) in [5, 5.41) is 3.58. The molecule has 1 saturated heterocycles. The van der Waals surface area contributed by atoms with E-state index in [-0.39, 0.29) is 0 Å². The smallest absolute Gasteiger partial charge is 0.0192 e. The standard InChI is InChI=1S/C13H28N2/c1-4-13(14-5-2)11-15-10-8-6-7-9-12(15)3/h12-14H,4-11H2,1-3H3. The normalized spacial score (nSPS) is 26.2. The van der Waals surface area contributed by atoms with Gasteiger partial charge >= 0.3 is 0 Å². The van der Waals surface area contributed by atoms with E-state index in [1.165, 1.54) is 45.2 Å².